The number of anilines is 1. The molecule has 0 radical (unpaired) electrons. The van der Waals surface area contributed by atoms with E-state index in [0.29, 0.717) is 49.0 Å². The predicted molar refractivity (Wildman–Crippen MR) is 111 cm³/mol. The highest BCUT2D eigenvalue weighted by Crippen LogP contribution is 2.31. The molecule has 1 atom stereocenters. The topological polar surface area (TPSA) is 108 Å². The Hall–Kier alpha value is -3.51. The van der Waals surface area contributed by atoms with Gasteiger partial charge in [0.25, 0.3) is 5.91 Å². The molecule has 0 aliphatic carbocycles. The molecule has 3 heterocycles. The Balaban J connectivity index is 1.27. The van der Waals surface area contributed by atoms with E-state index in [1.54, 1.807) is 24.8 Å². The van der Waals surface area contributed by atoms with Crippen molar-refractivity contribution in [2.75, 3.05) is 44.6 Å². The Morgan fingerprint density at radius 3 is 2.58 bits per heavy atom. The number of carbonyl (C=O) groups is 2. The van der Waals surface area contributed by atoms with Crippen molar-refractivity contribution >= 4 is 17.7 Å². The fraction of sp³-hybridized carbons (Fsp3) is 0.409. The maximum absolute atomic E-state index is 12.8. The van der Waals surface area contributed by atoms with E-state index >= 15 is 0 Å². The molecule has 1 saturated heterocycles. The van der Waals surface area contributed by atoms with Crippen molar-refractivity contribution in [1.29, 1.82) is 5.26 Å². The van der Waals surface area contributed by atoms with Gasteiger partial charge in [0, 0.05) is 31.7 Å². The summed E-state index contributed by atoms with van der Waals surface area (Å²) >= 11 is 0. The highest BCUT2D eigenvalue weighted by Gasteiger charge is 2.33. The second kappa shape index (κ2) is 8.70. The van der Waals surface area contributed by atoms with Crippen molar-refractivity contribution in [3.05, 3.63) is 41.2 Å². The summed E-state index contributed by atoms with van der Waals surface area (Å²) in [6.07, 6.45) is -0.667. The molecule has 0 spiro atoms. The predicted octanol–water partition coefficient (Wildman–Crippen LogP) is 1.69. The molecule has 1 aromatic heterocycles. The van der Waals surface area contributed by atoms with Gasteiger partial charge in [0.1, 0.15) is 24.0 Å². The average molecular weight is 424 g/mol. The highest BCUT2D eigenvalue weighted by atomic mass is 16.6. The minimum absolute atomic E-state index is 0.112. The molecule has 4 rings (SSSR count). The number of amides is 2. The molecule has 1 fully saturated rings. The van der Waals surface area contributed by atoms with Crippen LogP contribution in [0.5, 0.6) is 11.5 Å². The number of hydrogen-bond acceptors (Lipinski definition) is 7. The molecule has 1 unspecified atom stereocenters. The van der Waals surface area contributed by atoms with Crippen LogP contribution in [0.25, 0.3) is 0 Å². The van der Waals surface area contributed by atoms with Crippen molar-refractivity contribution in [3.63, 3.8) is 0 Å². The summed E-state index contributed by atoms with van der Waals surface area (Å²) in [7, 11) is 0. The summed E-state index contributed by atoms with van der Waals surface area (Å²) < 4.78 is 16.9. The molecule has 1 N–H and O–H groups in total. The standard InChI is InChI=1S/C22H24N4O5/c1-14-15(2)30-21(16(14)11-23)24-20(27)12-25-7-9-26(10-8-25)22(28)19-13-29-17-5-3-4-6-18(17)31-19/h3-6,19H,7-10,12-13H2,1-2H3,(H,24,27). The maximum atomic E-state index is 12.8. The van der Waals surface area contributed by atoms with Crippen LogP contribution in [-0.4, -0.2) is 67.0 Å². The van der Waals surface area contributed by atoms with Crippen LogP contribution in [0.3, 0.4) is 0 Å². The lowest BCUT2D eigenvalue weighted by molar-refractivity contribution is -0.143. The van der Waals surface area contributed by atoms with Gasteiger partial charge < -0.3 is 18.8 Å². The zero-order chi connectivity index (χ0) is 22.0. The number of carbonyl (C=O) groups excluding carboxylic acids is 2. The number of fused-ring (bicyclic) bond motifs is 1. The summed E-state index contributed by atoms with van der Waals surface area (Å²) in [6, 6.07) is 9.35. The van der Waals surface area contributed by atoms with Gasteiger partial charge in [0.15, 0.2) is 11.5 Å². The van der Waals surface area contributed by atoms with Gasteiger partial charge in [-0.2, -0.15) is 5.26 Å². The third kappa shape index (κ3) is 4.34. The van der Waals surface area contributed by atoms with Crippen molar-refractivity contribution in [2.24, 2.45) is 0 Å². The number of furan rings is 1. The van der Waals surface area contributed by atoms with Crippen molar-refractivity contribution in [2.45, 2.75) is 20.0 Å². The maximum Gasteiger partial charge on any atom is 0.267 e. The van der Waals surface area contributed by atoms with Crippen LogP contribution in [0.4, 0.5) is 5.88 Å². The van der Waals surface area contributed by atoms with Crippen molar-refractivity contribution in [1.82, 2.24) is 9.80 Å². The summed E-state index contributed by atoms with van der Waals surface area (Å²) in [5, 5.41) is 11.9. The van der Waals surface area contributed by atoms with Crippen LogP contribution in [0.15, 0.2) is 28.7 Å². The molecule has 0 saturated carbocycles. The first-order chi connectivity index (χ1) is 15.0. The largest absolute Gasteiger partial charge is 0.485 e. The Kier molecular flexibility index (Phi) is 5.82. The molecule has 9 heteroatoms. The number of ether oxygens (including phenoxy) is 2. The monoisotopic (exact) mass is 424 g/mol. The van der Waals surface area contributed by atoms with E-state index in [0.717, 1.165) is 5.56 Å². The first kappa shape index (κ1) is 20.8. The van der Waals surface area contributed by atoms with E-state index in [2.05, 4.69) is 11.4 Å². The Morgan fingerprint density at radius 2 is 1.87 bits per heavy atom. The number of para-hydroxylation sites is 2. The number of hydrogen-bond donors (Lipinski definition) is 1. The van der Waals surface area contributed by atoms with Crippen LogP contribution in [0, 0.1) is 25.2 Å². The minimum atomic E-state index is -0.667. The van der Waals surface area contributed by atoms with Gasteiger partial charge in [0.2, 0.25) is 17.9 Å². The number of nitrogens with one attached hydrogen (secondary N) is 1. The lowest BCUT2D eigenvalue weighted by Gasteiger charge is -2.36. The lowest BCUT2D eigenvalue weighted by atomic mass is 10.2. The smallest absolute Gasteiger partial charge is 0.267 e. The van der Waals surface area contributed by atoms with E-state index in [1.807, 2.05) is 23.1 Å². The Bertz CT molecular complexity index is 1030. The molecule has 9 nitrogen and oxygen atoms in total. The third-order valence-corrected chi connectivity index (χ3v) is 5.59. The summed E-state index contributed by atoms with van der Waals surface area (Å²) in [4.78, 5) is 28.9. The normalized spacial score (nSPS) is 18.4. The van der Waals surface area contributed by atoms with Gasteiger partial charge in [-0.3, -0.25) is 19.8 Å². The van der Waals surface area contributed by atoms with E-state index in [1.165, 1.54) is 0 Å². The van der Waals surface area contributed by atoms with E-state index in [9.17, 15) is 14.9 Å². The molecule has 2 aliphatic rings. The van der Waals surface area contributed by atoms with Gasteiger partial charge in [-0.1, -0.05) is 12.1 Å². The van der Waals surface area contributed by atoms with Crippen LogP contribution in [0.1, 0.15) is 16.9 Å². The Labute approximate surface area is 180 Å². The van der Waals surface area contributed by atoms with Gasteiger partial charge in [-0.15, -0.1) is 0 Å². The van der Waals surface area contributed by atoms with E-state index in [4.69, 9.17) is 13.9 Å². The second-order valence-corrected chi connectivity index (χ2v) is 7.61. The molecule has 2 aromatic rings. The molecule has 2 amide bonds. The number of piperazine rings is 1. The number of nitrogens with zero attached hydrogens (tertiary/aromatic N) is 3. The van der Waals surface area contributed by atoms with E-state index < -0.39 is 6.10 Å². The zero-order valence-corrected chi connectivity index (χ0v) is 17.5. The number of benzene rings is 1. The van der Waals surface area contributed by atoms with E-state index in [-0.39, 0.29) is 30.9 Å². The van der Waals surface area contributed by atoms with Gasteiger partial charge in [-0.05, 0) is 26.0 Å². The van der Waals surface area contributed by atoms with Gasteiger partial charge in [0.05, 0.1) is 6.54 Å². The molecule has 162 valence electrons. The number of nitriles is 1. The van der Waals surface area contributed by atoms with Crippen molar-refractivity contribution in [3.8, 4) is 17.6 Å². The molecule has 1 aromatic carbocycles. The van der Waals surface area contributed by atoms with Crippen LogP contribution >= 0.6 is 0 Å². The SMILES string of the molecule is Cc1oc(NC(=O)CN2CCN(C(=O)C3COc4ccccc4O3)CC2)c(C#N)c1C. The quantitative estimate of drug-likeness (QED) is 0.796. The number of aryl methyl sites for hydroxylation is 1. The lowest BCUT2D eigenvalue weighted by Crippen LogP contribution is -2.54. The first-order valence-electron chi connectivity index (χ1n) is 10.2. The molecule has 0 bridgehead atoms. The van der Waals surface area contributed by atoms with Gasteiger partial charge >= 0.3 is 0 Å². The second-order valence-electron chi connectivity index (χ2n) is 7.61. The Morgan fingerprint density at radius 1 is 1.16 bits per heavy atom. The first-order valence-corrected chi connectivity index (χ1v) is 10.2. The molecular weight excluding hydrogens is 400 g/mol. The average Bonchev–Trinajstić information content (AvgIpc) is 3.05. The summed E-state index contributed by atoms with van der Waals surface area (Å²) in [6.45, 7) is 5.98. The summed E-state index contributed by atoms with van der Waals surface area (Å²) in [5.41, 5.74) is 1.07. The van der Waals surface area contributed by atoms with Gasteiger partial charge in [-0.25, -0.2) is 0 Å². The third-order valence-electron chi connectivity index (χ3n) is 5.59. The van der Waals surface area contributed by atoms with Crippen molar-refractivity contribution < 1.29 is 23.5 Å². The van der Waals surface area contributed by atoms with Crippen LogP contribution in [0.2, 0.25) is 0 Å². The fourth-order valence-corrected chi connectivity index (χ4v) is 3.69. The van der Waals surface area contributed by atoms with Crippen LogP contribution in [-0.2, 0) is 9.59 Å². The van der Waals surface area contributed by atoms with Crippen LogP contribution < -0.4 is 14.8 Å². The summed E-state index contributed by atoms with van der Waals surface area (Å²) in [5.74, 6) is 1.64. The zero-order valence-electron chi connectivity index (χ0n) is 17.5. The number of rotatable bonds is 4. The minimum Gasteiger partial charge on any atom is -0.485 e. The molecular formula is C22H24N4O5. The highest BCUT2D eigenvalue weighted by molar-refractivity contribution is 5.92. The fourth-order valence-electron chi connectivity index (χ4n) is 3.69. The molecule has 31 heavy (non-hydrogen) atoms. The molecule has 2 aliphatic heterocycles.